The van der Waals surface area contributed by atoms with E-state index in [4.69, 9.17) is 16.3 Å². The molecule has 1 N–H and O–H groups in total. The number of ether oxygens (including phenoxy) is 1. The van der Waals surface area contributed by atoms with Gasteiger partial charge in [-0.25, -0.2) is 9.78 Å². The number of fused-ring (bicyclic) bond motifs is 1. The van der Waals surface area contributed by atoms with E-state index in [-0.39, 0.29) is 22.0 Å². The Morgan fingerprint density at radius 3 is 2.83 bits per heavy atom. The molecule has 3 aromatic rings. The molecule has 2 aromatic carbocycles. The summed E-state index contributed by atoms with van der Waals surface area (Å²) in [5, 5.41) is 0.769. The number of H-pyrrole nitrogens is 1. The summed E-state index contributed by atoms with van der Waals surface area (Å²) in [6.45, 7) is 1.64. The summed E-state index contributed by atoms with van der Waals surface area (Å²) >= 11 is 9.31. The van der Waals surface area contributed by atoms with E-state index in [9.17, 15) is 9.59 Å². The predicted octanol–water partition coefficient (Wildman–Crippen LogP) is 4.26. The third-order valence-corrected chi connectivity index (χ3v) is 4.27. The standard InChI is InChI=1S/C17H12BrClN2O3/c1-9(24-17(23)12-8-10(18)6-7-13(12)19)15-20-14-5-3-2-4-11(14)16(22)21-15/h2-9H,1H3,(H,20,21,22)/t9-/m1/s1. The first-order chi connectivity index (χ1) is 11.5. The van der Waals surface area contributed by atoms with Gasteiger partial charge < -0.3 is 9.72 Å². The first-order valence-electron chi connectivity index (χ1n) is 7.10. The molecule has 0 spiro atoms. The summed E-state index contributed by atoms with van der Waals surface area (Å²) in [4.78, 5) is 31.4. The van der Waals surface area contributed by atoms with Gasteiger partial charge in [-0.1, -0.05) is 39.7 Å². The number of nitrogens with one attached hydrogen (secondary N) is 1. The van der Waals surface area contributed by atoms with Crippen molar-refractivity contribution in [2.24, 2.45) is 0 Å². The van der Waals surface area contributed by atoms with Crippen LogP contribution in [0, 0.1) is 0 Å². The molecular formula is C17H12BrClN2O3. The molecule has 122 valence electrons. The summed E-state index contributed by atoms with van der Waals surface area (Å²) in [6, 6.07) is 11.9. The SMILES string of the molecule is C[C@@H](OC(=O)c1cc(Br)ccc1Cl)c1nc2ccccc2c(=O)[nH]1. The Morgan fingerprint density at radius 1 is 1.29 bits per heavy atom. The predicted molar refractivity (Wildman–Crippen MR) is 95.3 cm³/mol. The van der Waals surface area contributed by atoms with Crippen LogP contribution in [0.15, 0.2) is 51.7 Å². The monoisotopic (exact) mass is 406 g/mol. The van der Waals surface area contributed by atoms with Gasteiger partial charge in [-0.05, 0) is 37.3 Å². The zero-order valence-corrected chi connectivity index (χ0v) is 14.9. The highest BCUT2D eigenvalue weighted by Gasteiger charge is 2.19. The number of carbonyl (C=O) groups excluding carboxylic acids is 1. The molecule has 1 aromatic heterocycles. The molecule has 0 bridgehead atoms. The smallest absolute Gasteiger partial charge is 0.340 e. The van der Waals surface area contributed by atoms with Crippen molar-refractivity contribution < 1.29 is 9.53 Å². The number of benzene rings is 2. The Hall–Kier alpha value is -2.18. The number of nitrogens with zero attached hydrogens (tertiary/aromatic N) is 1. The van der Waals surface area contributed by atoms with Gasteiger partial charge >= 0.3 is 5.97 Å². The Labute approximate surface area is 150 Å². The summed E-state index contributed by atoms with van der Waals surface area (Å²) in [7, 11) is 0. The van der Waals surface area contributed by atoms with E-state index < -0.39 is 12.1 Å². The molecule has 3 rings (SSSR count). The lowest BCUT2D eigenvalue weighted by Crippen LogP contribution is -2.17. The number of aromatic nitrogens is 2. The number of halogens is 2. The van der Waals surface area contributed by atoms with Gasteiger partial charge in [0.05, 0.1) is 21.5 Å². The van der Waals surface area contributed by atoms with Gasteiger partial charge in [0.2, 0.25) is 0 Å². The second kappa shape index (κ2) is 6.75. The molecule has 1 heterocycles. The van der Waals surface area contributed by atoms with Gasteiger partial charge in [0, 0.05) is 4.47 Å². The van der Waals surface area contributed by atoms with Gasteiger partial charge in [0.1, 0.15) is 0 Å². The van der Waals surface area contributed by atoms with Crippen LogP contribution in [0.3, 0.4) is 0 Å². The lowest BCUT2D eigenvalue weighted by Gasteiger charge is -2.14. The van der Waals surface area contributed by atoms with Gasteiger partial charge in [0.15, 0.2) is 11.9 Å². The van der Waals surface area contributed by atoms with Gasteiger partial charge in [-0.15, -0.1) is 0 Å². The number of hydrogen-bond donors (Lipinski definition) is 1. The van der Waals surface area contributed by atoms with Crippen molar-refractivity contribution in [3.05, 3.63) is 73.7 Å². The summed E-state index contributed by atoms with van der Waals surface area (Å²) < 4.78 is 6.10. The number of aromatic amines is 1. The van der Waals surface area contributed by atoms with Gasteiger partial charge in [-0.2, -0.15) is 0 Å². The molecule has 0 aliphatic rings. The lowest BCUT2D eigenvalue weighted by atomic mass is 10.2. The third kappa shape index (κ3) is 3.34. The molecule has 0 aliphatic heterocycles. The molecule has 0 radical (unpaired) electrons. The van der Waals surface area contributed by atoms with Gasteiger partial charge in [0.25, 0.3) is 5.56 Å². The summed E-state index contributed by atoms with van der Waals surface area (Å²) in [6.07, 6.45) is -0.732. The highest BCUT2D eigenvalue weighted by atomic mass is 79.9. The molecule has 0 saturated heterocycles. The molecule has 7 heteroatoms. The Morgan fingerprint density at radius 2 is 2.04 bits per heavy atom. The van der Waals surface area contributed by atoms with Crippen LogP contribution in [0.4, 0.5) is 0 Å². The van der Waals surface area contributed by atoms with Crippen molar-refractivity contribution in [3.63, 3.8) is 0 Å². The zero-order chi connectivity index (χ0) is 17.3. The van der Waals surface area contributed by atoms with Crippen molar-refractivity contribution in [2.75, 3.05) is 0 Å². The molecule has 0 amide bonds. The van der Waals surface area contributed by atoms with Crippen LogP contribution in [-0.2, 0) is 4.74 Å². The van der Waals surface area contributed by atoms with E-state index >= 15 is 0 Å². The number of rotatable bonds is 3. The minimum absolute atomic E-state index is 0.237. The van der Waals surface area contributed by atoms with E-state index in [0.717, 1.165) is 0 Å². The van der Waals surface area contributed by atoms with E-state index in [0.29, 0.717) is 15.4 Å². The van der Waals surface area contributed by atoms with Gasteiger partial charge in [-0.3, -0.25) is 4.79 Å². The van der Waals surface area contributed by atoms with Crippen LogP contribution in [0.25, 0.3) is 10.9 Å². The first-order valence-corrected chi connectivity index (χ1v) is 8.28. The summed E-state index contributed by atoms with van der Waals surface area (Å²) in [5.74, 6) is -0.317. The second-order valence-corrected chi connectivity index (χ2v) is 6.46. The highest BCUT2D eigenvalue weighted by Crippen LogP contribution is 2.24. The molecule has 0 fully saturated rings. The minimum atomic E-state index is -0.732. The topological polar surface area (TPSA) is 72.0 Å². The normalized spacial score (nSPS) is 12.1. The number of carbonyl (C=O) groups is 1. The Balaban J connectivity index is 1.89. The fourth-order valence-electron chi connectivity index (χ4n) is 2.23. The lowest BCUT2D eigenvalue weighted by molar-refractivity contribution is 0.0320. The molecule has 0 aliphatic carbocycles. The second-order valence-electron chi connectivity index (χ2n) is 5.14. The minimum Gasteiger partial charge on any atom is -0.451 e. The van der Waals surface area contributed by atoms with Crippen LogP contribution in [0.2, 0.25) is 5.02 Å². The fourth-order valence-corrected chi connectivity index (χ4v) is 2.79. The summed E-state index contributed by atoms with van der Waals surface area (Å²) in [5.41, 5.74) is 0.500. The third-order valence-electron chi connectivity index (χ3n) is 3.45. The number of hydrogen-bond acceptors (Lipinski definition) is 4. The van der Waals surface area contributed by atoms with Crippen molar-refractivity contribution in [2.45, 2.75) is 13.0 Å². The number of para-hydroxylation sites is 1. The molecule has 0 unspecified atom stereocenters. The van der Waals surface area contributed by atoms with E-state index in [1.54, 1.807) is 49.4 Å². The van der Waals surface area contributed by atoms with E-state index in [2.05, 4.69) is 25.9 Å². The maximum absolute atomic E-state index is 12.3. The molecule has 24 heavy (non-hydrogen) atoms. The molecule has 5 nitrogen and oxygen atoms in total. The first kappa shape index (κ1) is 16.7. The van der Waals surface area contributed by atoms with Crippen LogP contribution < -0.4 is 5.56 Å². The van der Waals surface area contributed by atoms with E-state index in [1.807, 2.05) is 0 Å². The maximum atomic E-state index is 12.3. The van der Waals surface area contributed by atoms with Crippen LogP contribution in [0.5, 0.6) is 0 Å². The molecular weight excluding hydrogens is 396 g/mol. The van der Waals surface area contributed by atoms with Crippen LogP contribution in [0.1, 0.15) is 29.2 Å². The van der Waals surface area contributed by atoms with Crippen molar-refractivity contribution in [3.8, 4) is 0 Å². The average Bonchev–Trinajstić information content (AvgIpc) is 2.57. The molecule has 1 atom stereocenters. The zero-order valence-electron chi connectivity index (χ0n) is 12.5. The van der Waals surface area contributed by atoms with E-state index in [1.165, 1.54) is 0 Å². The highest BCUT2D eigenvalue weighted by molar-refractivity contribution is 9.10. The maximum Gasteiger partial charge on any atom is 0.340 e. The Kier molecular flexibility index (Phi) is 4.69. The molecule has 0 saturated carbocycles. The van der Waals surface area contributed by atoms with Crippen LogP contribution in [-0.4, -0.2) is 15.9 Å². The average molecular weight is 408 g/mol. The van der Waals surface area contributed by atoms with Crippen molar-refractivity contribution in [1.82, 2.24) is 9.97 Å². The number of esters is 1. The van der Waals surface area contributed by atoms with Crippen LogP contribution >= 0.6 is 27.5 Å². The fraction of sp³-hybridized carbons (Fsp3) is 0.118. The van der Waals surface area contributed by atoms with Crippen molar-refractivity contribution >= 4 is 44.4 Å². The van der Waals surface area contributed by atoms with Crippen molar-refractivity contribution in [1.29, 1.82) is 0 Å². The quantitative estimate of drug-likeness (QED) is 0.659. The Bertz CT molecular complexity index is 987. The largest absolute Gasteiger partial charge is 0.451 e.